The average Bonchev–Trinajstić information content (AvgIpc) is 2.03. The Balaban J connectivity index is 2.97. The molecule has 2 heteroatoms. The SMILES string of the molecule is CC(C)(C)C(=N)c1ccc(Br)cc1. The molecule has 1 rings (SSSR count). The van der Waals surface area contributed by atoms with Gasteiger partial charge in [-0.25, -0.2) is 0 Å². The van der Waals surface area contributed by atoms with Crippen molar-refractivity contribution in [1.82, 2.24) is 0 Å². The lowest BCUT2D eigenvalue weighted by molar-refractivity contribution is 0.588. The van der Waals surface area contributed by atoms with E-state index in [4.69, 9.17) is 5.41 Å². The quantitative estimate of drug-likeness (QED) is 0.720. The Hall–Kier alpha value is -0.630. The molecular formula is C11H14BrN. The topological polar surface area (TPSA) is 23.9 Å². The van der Waals surface area contributed by atoms with Crippen LogP contribution in [-0.4, -0.2) is 5.71 Å². The molecule has 1 N–H and O–H groups in total. The van der Waals surface area contributed by atoms with Gasteiger partial charge in [-0.2, -0.15) is 0 Å². The molecule has 0 aliphatic heterocycles. The van der Waals surface area contributed by atoms with Crippen LogP contribution in [0.1, 0.15) is 26.3 Å². The van der Waals surface area contributed by atoms with Gasteiger partial charge in [0, 0.05) is 15.6 Å². The van der Waals surface area contributed by atoms with E-state index in [1.807, 2.05) is 24.3 Å². The summed E-state index contributed by atoms with van der Waals surface area (Å²) in [4.78, 5) is 0. The molecule has 0 atom stereocenters. The standard InChI is InChI=1S/C11H14BrN/c1-11(2,3)10(13)8-4-6-9(12)7-5-8/h4-7,13H,1-3H3. The number of hydrogen-bond acceptors (Lipinski definition) is 1. The molecule has 0 bridgehead atoms. The van der Waals surface area contributed by atoms with Gasteiger partial charge in [0.25, 0.3) is 0 Å². The first kappa shape index (κ1) is 10.5. The molecule has 0 radical (unpaired) electrons. The second kappa shape index (κ2) is 3.62. The van der Waals surface area contributed by atoms with Gasteiger partial charge in [-0.15, -0.1) is 0 Å². The van der Waals surface area contributed by atoms with Crippen molar-refractivity contribution < 1.29 is 0 Å². The van der Waals surface area contributed by atoms with Crippen LogP contribution in [0.15, 0.2) is 28.7 Å². The highest BCUT2D eigenvalue weighted by molar-refractivity contribution is 9.10. The Morgan fingerprint density at radius 1 is 1.15 bits per heavy atom. The summed E-state index contributed by atoms with van der Waals surface area (Å²) in [6, 6.07) is 7.88. The maximum atomic E-state index is 7.94. The third-order valence-electron chi connectivity index (χ3n) is 1.88. The van der Waals surface area contributed by atoms with Gasteiger partial charge < -0.3 is 5.41 Å². The lowest BCUT2D eigenvalue weighted by Crippen LogP contribution is -2.19. The molecule has 0 saturated carbocycles. The van der Waals surface area contributed by atoms with Crippen LogP contribution in [0.5, 0.6) is 0 Å². The van der Waals surface area contributed by atoms with Crippen molar-refractivity contribution in [2.24, 2.45) is 5.41 Å². The van der Waals surface area contributed by atoms with Crippen molar-refractivity contribution in [1.29, 1.82) is 5.41 Å². The van der Waals surface area contributed by atoms with Gasteiger partial charge in [0.2, 0.25) is 0 Å². The van der Waals surface area contributed by atoms with Crippen molar-refractivity contribution in [2.75, 3.05) is 0 Å². The van der Waals surface area contributed by atoms with E-state index >= 15 is 0 Å². The van der Waals surface area contributed by atoms with E-state index in [9.17, 15) is 0 Å². The van der Waals surface area contributed by atoms with E-state index in [1.165, 1.54) is 0 Å². The van der Waals surface area contributed by atoms with Gasteiger partial charge in [-0.05, 0) is 17.7 Å². The van der Waals surface area contributed by atoms with Crippen LogP contribution < -0.4 is 0 Å². The third kappa shape index (κ3) is 2.66. The zero-order chi connectivity index (χ0) is 10.1. The highest BCUT2D eigenvalue weighted by Crippen LogP contribution is 2.21. The Kier molecular flexibility index (Phi) is 2.91. The van der Waals surface area contributed by atoms with E-state index in [-0.39, 0.29) is 5.41 Å². The van der Waals surface area contributed by atoms with Gasteiger partial charge in [0.1, 0.15) is 0 Å². The first-order valence-electron chi connectivity index (χ1n) is 4.26. The van der Waals surface area contributed by atoms with Gasteiger partial charge in [0.15, 0.2) is 0 Å². The highest BCUT2D eigenvalue weighted by atomic mass is 79.9. The third-order valence-corrected chi connectivity index (χ3v) is 2.41. The van der Waals surface area contributed by atoms with Gasteiger partial charge >= 0.3 is 0 Å². The molecule has 0 spiro atoms. The fourth-order valence-electron chi connectivity index (χ4n) is 1.05. The van der Waals surface area contributed by atoms with Crippen LogP contribution in [0.25, 0.3) is 0 Å². The molecule has 70 valence electrons. The summed E-state index contributed by atoms with van der Waals surface area (Å²) in [6.07, 6.45) is 0. The zero-order valence-corrected chi connectivity index (χ0v) is 9.77. The molecule has 1 aromatic rings. The summed E-state index contributed by atoms with van der Waals surface area (Å²) in [5.41, 5.74) is 1.60. The molecule has 0 aromatic heterocycles. The molecular weight excluding hydrogens is 226 g/mol. The summed E-state index contributed by atoms with van der Waals surface area (Å²) in [5.74, 6) is 0. The maximum absolute atomic E-state index is 7.94. The average molecular weight is 240 g/mol. The van der Waals surface area contributed by atoms with Gasteiger partial charge in [-0.3, -0.25) is 0 Å². The number of nitrogens with one attached hydrogen (secondary N) is 1. The summed E-state index contributed by atoms with van der Waals surface area (Å²) < 4.78 is 1.05. The van der Waals surface area contributed by atoms with E-state index in [2.05, 4.69) is 36.7 Å². The minimum atomic E-state index is -0.0756. The second-order valence-electron chi connectivity index (χ2n) is 4.13. The first-order valence-corrected chi connectivity index (χ1v) is 5.05. The molecule has 0 aliphatic rings. The van der Waals surface area contributed by atoms with E-state index < -0.39 is 0 Å². The van der Waals surface area contributed by atoms with Gasteiger partial charge in [-0.1, -0.05) is 48.8 Å². The molecule has 1 nitrogen and oxygen atoms in total. The monoisotopic (exact) mass is 239 g/mol. The van der Waals surface area contributed by atoms with Crippen LogP contribution in [0.3, 0.4) is 0 Å². The normalized spacial score (nSPS) is 11.4. The van der Waals surface area contributed by atoms with E-state index in [0.29, 0.717) is 5.71 Å². The maximum Gasteiger partial charge on any atom is 0.0439 e. The van der Waals surface area contributed by atoms with E-state index in [0.717, 1.165) is 10.0 Å². The smallest absolute Gasteiger partial charge is 0.0439 e. The zero-order valence-electron chi connectivity index (χ0n) is 8.19. The van der Waals surface area contributed by atoms with Gasteiger partial charge in [0.05, 0.1) is 0 Å². The van der Waals surface area contributed by atoms with E-state index in [1.54, 1.807) is 0 Å². The molecule has 1 aromatic carbocycles. The summed E-state index contributed by atoms with van der Waals surface area (Å²) in [7, 11) is 0. The van der Waals surface area contributed by atoms with Crippen molar-refractivity contribution in [3.8, 4) is 0 Å². The Morgan fingerprint density at radius 3 is 2.00 bits per heavy atom. The summed E-state index contributed by atoms with van der Waals surface area (Å²) in [6.45, 7) is 6.16. The van der Waals surface area contributed by atoms with Crippen LogP contribution in [0.2, 0.25) is 0 Å². The fraction of sp³-hybridized carbons (Fsp3) is 0.364. The molecule has 0 fully saturated rings. The van der Waals surface area contributed by atoms with Crippen LogP contribution >= 0.6 is 15.9 Å². The Bertz CT molecular complexity index is 306. The summed E-state index contributed by atoms with van der Waals surface area (Å²) >= 11 is 3.37. The molecule has 0 aliphatic carbocycles. The van der Waals surface area contributed by atoms with Crippen LogP contribution in [0, 0.1) is 10.8 Å². The Morgan fingerprint density at radius 2 is 1.62 bits per heavy atom. The van der Waals surface area contributed by atoms with Crippen molar-refractivity contribution in [3.05, 3.63) is 34.3 Å². The largest absolute Gasteiger partial charge is 0.304 e. The minimum absolute atomic E-state index is 0.0756. The fourth-order valence-corrected chi connectivity index (χ4v) is 1.31. The molecule has 13 heavy (non-hydrogen) atoms. The van der Waals surface area contributed by atoms with Crippen molar-refractivity contribution in [3.63, 3.8) is 0 Å². The van der Waals surface area contributed by atoms with Crippen LogP contribution in [-0.2, 0) is 0 Å². The molecule has 0 unspecified atom stereocenters. The number of hydrogen-bond donors (Lipinski definition) is 1. The molecule has 0 heterocycles. The summed E-state index contributed by atoms with van der Waals surface area (Å²) in [5, 5.41) is 7.94. The number of halogens is 1. The lowest BCUT2D eigenvalue weighted by Gasteiger charge is -2.19. The minimum Gasteiger partial charge on any atom is -0.304 e. The van der Waals surface area contributed by atoms with Crippen LogP contribution in [0.4, 0.5) is 0 Å². The number of benzene rings is 1. The lowest BCUT2D eigenvalue weighted by atomic mass is 9.86. The first-order chi connectivity index (χ1) is 5.91. The molecule has 0 saturated heterocycles. The molecule has 0 amide bonds. The predicted molar refractivity (Wildman–Crippen MR) is 60.4 cm³/mol. The van der Waals surface area contributed by atoms with Crippen molar-refractivity contribution in [2.45, 2.75) is 20.8 Å². The van der Waals surface area contributed by atoms with Crippen molar-refractivity contribution >= 4 is 21.6 Å². The number of rotatable bonds is 1. The second-order valence-corrected chi connectivity index (χ2v) is 5.05. The highest BCUT2D eigenvalue weighted by Gasteiger charge is 2.18. The predicted octanol–water partition coefficient (Wildman–Crippen LogP) is 3.86. The Labute approximate surface area is 87.8 Å².